The molecule has 0 aromatic rings. The predicted octanol–water partition coefficient (Wildman–Crippen LogP) is 5.99. The van der Waals surface area contributed by atoms with Crippen molar-refractivity contribution in [3.05, 3.63) is 24.3 Å². The third kappa shape index (κ3) is 12.7. The summed E-state index contributed by atoms with van der Waals surface area (Å²) in [6.45, 7) is 5.04. The second kappa shape index (κ2) is 16.5. The average Bonchev–Trinajstić information content (AvgIpc) is 2.68. The SMILES string of the molecule is CCCCCCCCC(/C=C/C=C/C1CCC1C(CCCC(=O)O)OC(C)=O)OC(C)=O. The molecule has 4 unspecified atom stereocenters. The lowest BCUT2D eigenvalue weighted by atomic mass is 9.69. The highest BCUT2D eigenvalue weighted by Gasteiger charge is 2.36. The van der Waals surface area contributed by atoms with E-state index in [9.17, 15) is 14.4 Å². The first kappa shape index (κ1) is 27.9. The van der Waals surface area contributed by atoms with E-state index in [0.717, 1.165) is 32.1 Å². The molecule has 6 nitrogen and oxygen atoms in total. The zero-order chi connectivity index (χ0) is 23.8. The van der Waals surface area contributed by atoms with Gasteiger partial charge in [-0.2, -0.15) is 0 Å². The summed E-state index contributed by atoms with van der Waals surface area (Å²) in [6.07, 6.45) is 18.7. The Labute approximate surface area is 193 Å². The summed E-state index contributed by atoms with van der Waals surface area (Å²) < 4.78 is 10.9. The molecule has 1 saturated carbocycles. The van der Waals surface area contributed by atoms with Gasteiger partial charge in [0.2, 0.25) is 0 Å². The Kier molecular flexibility index (Phi) is 14.4. The summed E-state index contributed by atoms with van der Waals surface area (Å²) in [5, 5.41) is 8.86. The fraction of sp³-hybridized carbons (Fsp3) is 0.731. The number of carbonyl (C=O) groups excluding carboxylic acids is 2. The standard InChI is InChI=1S/C26H42O6/c1-4-5-6-7-8-9-14-23(31-20(2)27)15-11-10-13-22-18-19-24(22)25(32-21(3)28)16-12-17-26(29)30/h10-11,13,15,22-25H,4-9,12,14,16-19H2,1-3H3,(H,29,30)/b13-10+,15-11+. The van der Waals surface area contributed by atoms with Crippen molar-refractivity contribution in [1.82, 2.24) is 0 Å². The minimum atomic E-state index is -0.829. The number of hydrogen-bond acceptors (Lipinski definition) is 5. The minimum absolute atomic E-state index is 0.0872. The van der Waals surface area contributed by atoms with Crippen LogP contribution in [0.2, 0.25) is 0 Å². The molecule has 6 heteroatoms. The smallest absolute Gasteiger partial charge is 0.303 e. The quantitative estimate of drug-likeness (QED) is 0.166. The molecule has 1 rings (SSSR count). The van der Waals surface area contributed by atoms with Gasteiger partial charge in [-0.3, -0.25) is 14.4 Å². The number of ether oxygens (including phenoxy) is 2. The van der Waals surface area contributed by atoms with E-state index in [0.29, 0.717) is 18.8 Å². The molecule has 0 aromatic carbocycles. The van der Waals surface area contributed by atoms with Gasteiger partial charge in [-0.25, -0.2) is 0 Å². The van der Waals surface area contributed by atoms with Gasteiger partial charge in [0.25, 0.3) is 0 Å². The molecule has 1 N–H and O–H groups in total. The summed E-state index contributed by atoms with van der Waals surface area (Å²) >= 11 is 0. The number of esters is 2. The summed E-state index contributed by atoms with van der Waals surface area (Å²) in [7, 11) is 0. The van der Waals surface area contributed by atoms with Gasteiger partial charge in [0, 0.05) is 26.2 Å². The van der Waals surface area contributed by atoms with Crippen LogP contribution in [0, 0.1) is 11.8 Å². The molecule has 1 aliphatic rings. The van der Waals surface area contributed by atoms with Crippen LogP contribution in [-0.4, -0.2) is 35.2 Å². The normalized spacial score (nSPS) is 20.1. The van der Waals surface area contributed by atoms with Crippen LogP contribution in [0.15, 0.2) is 24.3 Å². The highest BCUT2D eigenvalue weighted by Crippen LogP contribution is 2.40. The van der Waals surface area contributed by atoms with Gasteiger partial charge in [0.05, 0.1) is 0 Å². The Bertz CT molecular complexity index is 624. The fourth-order valence-corrected chi connectivity index (χ4v) is 4.21. The van der Waals surface area contributed by atoms with Crippen molar-refractivity contribution in [2.24, 2.45) is 11.8 Å². The zero-order valence-electron chi connectivity index (χ0n) is 20.1. The molecule has 0 aromatic heterocycles. The van der Waals surface area contributed by atoms with Gasteiger partial charge in [-0.15, -0.1) is 0 Å². The predicted molar refractivity (Wildman–Crippen MR) is 125 cm³/mol. The second-order valence-corrected chi connectivity index (χ2v) is 8.81. The first-order valence-electron chi connectivity index (χ1n) is 12.2. The topological polar surface area (TPSA) is 89.9 Å². The van der Waals surface area contributed by atoms with Crippen molar-refractivity contribution in [1.29, 1.82) is 0 Å². The fourth-order valence-electron chi connectivity index (χ4n) is 4.21. The number of carbonyl (C=O) groups is 3. The molecule has 0 aliphatic heterocycles. The summed E-state index contributed by atoms with van der Waals surface area (Å²) in [5.74, 6) is -0.882. The van der Waals surface area contributed by atoms with Gasteiger partial charge >= 0.3 is 17.9 Å². The van der Waals surface area contributed by atoms with Gasteiger partial charge in [-0.1, -0.05) is 57.3 Å². The van der Waals surface area contributed by atoms with Crippen LogP contribution in [0.4, 0.5) is 0 Å². The highest BCUT2D eigenvalue weighted by molar-refractivity contribution is 5.67. The molecule has 1 aliphatic carbocycles. The van der Waals surface area contributed by atoms with E-state index in [1.165, 1.54) is 39.5 Å². The van der Waals surface area contributed by atoms with Crippen molar-refractivity contribution in [2.45, 2.75) is 110 Å². The van der Waals surface area contributed by atoms with Gasteiger partial charge in [-0.05, 0) is 50.5 Å². The maximum atomic E-state index is 11.5. The van der Waals surface area contributed by atoms with Gasteiger partial charge in [0.15, 0.2) is 0 Å². The third-order valence-electron chi connectivity index (χ3n) is 6.01. The van der Waals surface area contributed by atoms with Crippen molar-refractivity contribution in [2.75, 3.05) is 0 Å². The Morgan fingerprint density at radius 1 is 0.906 bits per heavy atom. The maximum absolute atomic E-state index is 11.5. The minimum Gasteiger partial charge on any atom is -0.481 e. The molecule has 1 fully saturated rings. The molecular formula is C26H42O6. The summed E-state index contributed by atoms with van der Waals surface area (Å²) in [4.78, 5) is 33.7. The molecule has 32 heavy (non-hydrogen) atoms. The van der Waals surface area contributed by atoms with Crippen molar-refractivity contribution in [3.8, 4) is 0 Å². The van der Waals surface area contributed by atoms with E-state index in [2.05, 4.69) is 13.0 Å². The monoisotopic (exact) mass is 450 g/mol. The molecular weight excluding hydrogens is 408 g/mol. The van der Waals surface area contributed by atoms with Crippen molar-refractivity contribution in [3.63, 3.8) is 0 Å². The van der Waals surface area contributed by atoms with Gasteiger partial charge in [0.1, 0.15) is 12.2 Å². The molecule has 182 valence electrons. The lowest BCUT2D eigenvalue weighted by Crippen LogP contribution is -2.37. The van der Waals surface area contributed by atoms with E-state index < -0.39 is 5.97 Å². The van der Waals surface area contributed by atoms with Crippen LogP contribution in [0.3, 0.4) is 0 Å². The number of hydrogen-bond donors (Lipinski definition) is 1. The number of rotatable bonds is 17. The lowest BCUT2D eigenvalue weighted by molar-refractivity contribution is -0.153. The third-order valence-corrected chi connectivity index (χ3v) is 6.01. The number of unbranched alkanes of at least 4 members (excludes halogenated alkanes) is 5. The van der Waals surface area contributed by atoms with E-state index in [1.807, 2.05) is 18.2 Å². The summed E-state index contributed by atoms with van der Waals surface area (Å²) in [6, 6.07) is 0. The van der Waals surface area contributed by atoms with Crippen LogP contribution >= 0.6 is 0 Å². The molecule has 0 amide bonds. The Morgan fingerprint density at radius 3 is 2.19 bits per heavy atom. The first-order valence-corrected chi connectivity index (χ1v) is 12.2. The Balaban J connectivity index is 2.53. The number of allylic oxidation sites excluding steroid dienone is 3. The van der Waals surface area contributed by atoms with E-state index in [-0.39, 0.29) is 36.5 Å². The molecule has 0 spiro atoms. The first-order chi connectivity index (χ1) is 15.3. The number of carboxylic acids is 1. The number of carboxylic acid groups (broad SMARTS) is 1. The van der Waals surface area contributed by atoms with Crippen LogP contribution in [0.25, 0.3) is 0 Å². The lowest BCUT2D eigenvalue weighted by Gasteiger charge is -2.39. The van der Waals surface area contributed by atoms with Crippen molar-refractivity contribution < 1.29 is 29.0 Å². The van der Waals surface area contributed by atoms with Crippen LogP contribution in [-0.2, 0) is 23.9 Å². The van der Waals surface area contributed by atoms with E-state index in [1.54, 1.807) is 0 Å². The largest absolute Gasteiger partial charge is 0.481 e. The maximum Gasteiger partial charge on any atom is 0.303 e. The van der Waals surface area contributed by atoms with Crippen LogP contribution in [0.1, 0.15) is 97.8 Å². The average molecular weight is 451 g/mol. The molecule has 0 saturated heterocycles. The molecule has 0 radical (unpaired) electrons. The zero-order valence-corrected chi connectivity index (χ0v) is 20.1. The van der Waals surface area contributed by atoms with Crippen molar-refractivity contribution >= 4 is 17.9 Å². The molecule has 4 atom stereocenters. The van der Waals surface area contributed by atoms with Gasteiger partial charge < -0.3 is 14.6 Å². The second-order valence-electron chi connectivity index (χ2n) is 8.81. The van der Waals surface area contributed by atoms with E-state index >= 15 is 0 Å². The van der Waals surface area contributed by atoms with E-state index in [4.69, 9.17) is 14.6 Å². The summed E-state index contributed by atoms with van der Waals surface area (Å²) in [5.41, 5.74) is 0. The highest BCUT2D eigenvalue weighted by atomic mass is 16.5. The Hall–Kier alpha value is -2.11. The molecule has 0 heterocycles. The Morgan fingerprint density at radius 2 is 1.59 bits per heavy atom. The van der Waals surface area contributed by atoms with Crippen LogP contribution < -0.4 is 0 Å². The number of aliphatic carboxylic acids is 1. The van der Waals surface area contributed by atoms with Crippen LogP contribution in [0.5, 0.6) is 0 Å². The molecule has 0 bridgehead atoms.